The van der Waals surface area contributed by atoms with Crippen molar-refractivity contribution < 1.29 is 14.3 Å². The van der Waals surface area contributed by atoms with E-state index in [1.54, 1.807) is 6.08 Å². The van der Waals surface area contributed by atoms with Crippen LogP contribution in [-0.2, 0) is 18.0 Å². The summed E-state index contributed by atoms with van der Waals surface area (Å²) < 4.78 is 12.5. The van der Waals surface area contributed by atoms with Crippen molar-refractivity contribution in [1.29, 1.82) is 0 Å². The normalized spacial score (nSPS) is 14.6. The number of amides is 1. The first-order valence-corrected chi connectivity index (χ1v) is 10.6. The number of hydrogen-bond donors (Lipinski definition) is 1. The van der Waals surface area contributed by atoms with Crippen LogP contribution in [0.4, 0.5) is 0 Å². The monoisotopic (exact) mass is 433 g/mol. The van der Waals surface area contributed by atoms with Gasteiger partial charge < -0.3 is 14.8 Å². The van der Waals surface area contributed by atoms with Crippen molar-refractivity contribution in [3.8, 4) is 11.5 Å². The van der Waals surface area contributed by atoms with Crippen LogP contribution in [0.2, 0.25) is 0 Å². The van der Waals surface area contributed by atoms with E-state index in [2.05, 4.69) is 5.32 Å². The van der Waals surface area contributed by atoms with Crippen LogP contribution in [-0.4, -0.2) is 10.2 Å². The Morgan fingerprint density at radius 2 is 1.37 bits per heavy atom. The number of rotatable bonds is 7. The summed E-state index contributed by atoms with van der Waals surface area (Å²) in [4.78, 5) is 12.6. The van der Waals surface area contributed by atoms with Gasteiger partial charge in [-0.15, -0.1) is 0 Å². The van der Waals surface area contributed by atoms with Crippen LogP contribution in [0, 0.1) is 0 Å². The molecule has 4 nitrogen and oxygen atoms in total. The third-order valence-corrected chi connectivity index (χ3v) is 5.50. The molecule has 3 aromatic rings. The zero-order valence-corrected chi connectivity index (χ0v) is 17.7. The molecule has 1 N–H and O–H groups in total. The number of carbonyl (C=O) groups is 1. The molecule has 150 valence electrons. The molecule has 0 unspecified atom stereocenters. The predicted octanol–water partition coefficient (Wildman–Crippen LogP) is 5.33. The highest BCUT2D eigenvalue weighted by Crippen LogP contribution is 2.30. The van der Waals surface area contributed by atoms with Gasteiger partial charge in [0.2, 0.25) is 0 Å². The van der Waals surface area contributed by atoms with E-state index in [9.17, 15) is 4.79 Å². The summed E-state index contributed by atoms with van der Waals surface area (Å²) in [5.41, 5.74) is 2.96. The van der Waals surface area contributed by atoms with Gasteiger partial charge in [0.15, 0.2) is 0 Å². The molecule has 1 aliphatic rings. The van der Waals surface area contributed by atoms with Crippen LogP contribution in [0.25, 0.3) is 6.08 Å². The van der Waals surface area contributed by atoms with Crippen LogP contribution in [0.1, 0.15) is 16.7 Å². The van der Waals surface area contributed by atoms with Crippen molar-refractivity contribution in [3.63, 3.8) is 0 Å². The fourth-order valence-corrected chi connectivity index (χ4v) is 3.94. The summed E-state index contributed by atoms with van der Waals surface area (Å²) in [5, 5.41) is 2.63. The molecule has 30 heavy (non-hydrogen) atoms. The van der Waals surface area contributed by atoms with Crippen molar-refractivity contribution >= 4 is 40.3 Å². The first-order chi connectivity index (χ1) is 14.7. The Morgan fingerprint density at radius 3 is 1.83 bits per heavy atom. The maximum absolute atomic E-state index is 12.0. The Labute approximate surface area is 184 Å². The van der Waals surface area contributed by atoms with Crippen molar-refractivity contribution in [2.24, 2.45) is 0 Å². The maximum atomic E-state index is 12.0. The molecule has 1 amide bonds. The largest absolute Gasteiger partial charge is 0.489 e. The minimum absolute atomic E-state index is 0.188. The molecule has 0 radical (unpaired) electrons. The highest BCUT2D eigenvalue weighted by molar-refractivity contribution is 8.26. The fourth-order valence-electron chi connectivity index (χ4n) is 2.90. The molecule has 1 saturated heterocycles. The Balaban J connectivity index is 1.57. The van der Waals surface area contributed by atoms with E-state index in [-0.39, 0.29) is 5.91 Å². The lowest BCUT2D eigenvalue weighted by Gasteiger charge is -2.12. The molecule has 0 aliphatic carbocycles. The first-order valence-electron chi connectivity index (χ1n) is 9.39. The fraction of sp³-hybridized carbons (Fsp3) is 0.0833. The van der Waals surface area contributed by atoms with E-state index in [1.165, 1.54) is 11.8 Å². The molecule has 3 aromatic carbocycles. The van der Waals surface area contributed by atoms with Crippen molar-refractivity contribution in [3.05, 3.63) is 100 Å². The molecular formula is C24H19NO3S2. The van der Waals surface area contributed by atoms with Crippen LogP contribution in [0.5, 0.6) is 11.5 Å². The smallest absolute Gasteiger partial charge is 0.263 e. The molecular weight excluding hydrogens is 414 g/mol. The Kier molecular flexibility index (Phi) is 6.47. The lowest BCUT2D eigenvalue weighted by atomic mass is 10.1. The van der Waals surface area contributed by atoms with Gasteiger partial charge in [-0.3, -0.25) is 4.79 Å². The molecule has 0 atom stereocenters. The van der Waals surface area contributed by atoms with E-state index < -0.39 is 0 Å². The highest BCUT2D eigenvalue weighted by atomic mass is 32.2. The van der Waals surface area contributed by atoms with E-state index in [1.807, 2.05) is 78.9 Å². The zero-order chi connectivity index (χ0) is 20.8. The Morgan fingerprint density at radius 1 is 0.833 bits per heavy atom. The van der Waals surface area contributed by atoms with Gasteiger partial charge in [-0.25, -0.2) is 0 Å². The number of carbonyl (C=O) groups excluding carboxylic acids is 1. The topological polar surface area (TPSA) is 47.6 Å². The minimum atomic E-state index is -0.188. The third kappa shape index (κ3) is 5.49. The van der Waals surface area contributed by atoms with Gasteiger partial charge in [-0.2, -0.15) is 0 Å². The Bertz CT molecular complexity index is 1020. The van der Waals surface area contributed by atoms with Crippen LogP contribution in [0.3, 0.4) is 0 Å². The third-order valence-electron chi connectivity index (χ3n) is 4.34. The summed E-state index contributed by atoms with van der Waals surface area (Å²) in [6, 6.07) is 25.6. The molecule has 6 heteroatoms. The first kappa shape index (κ1) is 20.2. The molecule has 4 rings (SSSR count). The van der Waals surface area contributed by atoms with Gasteiger partial charge in [0.1, 0.15) is 29.0 Å². The van der Waals surface area contributed by atoms with Crippen molar-refractivity contribution in [2.75, 3.05) is 0 Å². The number of thioether (sulfide) groups is 1. The molecule has 1 aliphatic heterocycles. The van der Waals surface area contributed by atoms with Gasteiger partial charge in [0.25, 0.3) is 5.91 Å². The van der Waals surface area contributed by atoms with E-state index in [4.69, 9.17) is 21.7 Å². The molecule has 1 fully saturated rings. The number of thiocarbonyl (C=S) groups is 1. The van der Waals surface area contributed by atoms with Crippen molar-refractivity contribution in [1.82, 2.24) is 5.32 Å². The second-order valence-electron chi connectivity index (χ2n) is 6.64. The highest BCUT2D eigenvalue weighted by Gasteiger charge is 2.22. The number of hydrogen-bond acceptors (Lipinski definition) is 5. The van der Waals surface area contributed by atoms with Gasteiger partial charge >= 0.3 is 0 Å². The van der Waals surface area contributed by atoms with E-state index >= 15 is 0 Å². The standard InChI is InChI=1S/C24H19NO3S2/c26-23-22(30-24(29)25-23)13-19-11-20(27-15-17-7-3-1-4-8-17)14-21(12-19)28-16-18-9-5-2-6-10-18/h1-14H,15-16H2,(H,25,26,29)/b22-13-. The van der Waals surface area contributed by atoms with E-state index in [0.717, 1.165) is 16.7 Å². The van der Waals surface area contributed by atoms with Gasteiger partial charge in [-0.1, -0.05) is 84.6 Å². The predicted molar refractivity (Wildman–Crippen MR) is 124 cm³/mol. The quantitative estimate of drug-likeness (QED) is 0.403. The summed E-state index contributed by atoms with van der Waals surface area (Å²) in [5.74, 6) is 1.15. The second-order valence-corrected chi connectivity index (χ2v) is 8.36. The van der Waals surface area contributed by atoms with Gasteiger partial charge in [0.05, 0.1) is 4.91 Å². The minimum Gasteiger partial charge on any atom is -0.489 e. The average Bonchev–Trinajstić information content (AvgIpc) is 3.08. The molecule has 1 heterocycles. The SMILES string of the molecule is O=C1NC(=S)S/C1=C\c1cc(OCc2ccccc2)cc(OCc2ccccc2)c1. The zero-order valence-electron chi connectivity index (χ0n) is 16.0. The second kappa shape index (κ2) is 9.61. The van der Waals surface area contributed by atoms with Crippen LogP contribution in [0.15, 0.2) is 83.8 Å². The van der Waals surface area contributed by atoms with Crippen LogP contribution < -0.4 is 14.8 Å². The van der Waals surface area contributed by atoms with Crippen LogP contribution >= 0.6 is 24.0 Å². The van der Waals surface area contributed by atoms with Gasteiger partial charge in [0, 0.05) is 6.07 Å². The molecule has 0 spiro atoms. The number of ether oxygens (including phenoxy) is 2. The summed E-state index contributed by atoms with van der Waals surface area (Å²) in [7, 11) is 0. The number of nitrogens with one attached hydrogen (secondary N) is 1. The number of benzene rings is 3. The molecule has 0 aromatic heterocycles. The van der Waals surface area contributed by atoms with E-state index in [0.29, 0.717) is 33.9 Å². The summed E-state index contributed by atoms with van der Waals surface area (Å²) in [6.45, 7) is 0.886. The Hall–Kier alpha value is -3.09. The summed E-state index contributed by atoms with van der Waals surface area (Å²) in [6.07, 6.45) is 1.80. The lowest BCUT2D eigenvalue weighted by molar-refractivity contribution is -0.115. The lowest BCUT2D eigenvalue weighted by Crippen LogP contribution is -2.17. The van der Waals surface area contributed by atoms with Crippen molar-refractivity contribution in [2.45, 2.75) is 13.2 Å². The van der Waals surface area contributed by atoms with Gasteiger partial charge in [-0.05, 0) is 34.9 Å². The molecule has 0 saturated carbocycles. The maximum Gasteiger partial charge on any atom is 0.263 e. The summed E-state index contributed by atoms with van der Waals surface area (Å²) >= 11 is 6.32. The molecule has 0 bridgehead atoms. The average molecular weight is 434 g/mol.